The van der Waals surface area contributed by atoms with Crippen molar-refractivity contribution in [1.29, 1.82) is 0 Å². The number of rotatable bonds is 8. The smallest absolute Gasteiger partial charge is 0.332 e. The minimum Gasteiger partial charge on any atom is -0.462 e. The van der Waals surface area contributed by atoms with Gasteiger partial charge >= 0.3 is 11.9 Å². The van der Waals surface area contributed by atoms with Crippen LogP contribution in [0.3, 0.4) is 0 Å². The monoisotopic (exact) mass is 458 g/mol. The summed E-state index contributed by atoms with van der Waals surface area (Å²) in [5.41, 5.74) is 0. The van der Waals surface area contributed by atoms with E-state index < -0.39 is 5.97 Å². The van der Waals surface area contributed by atoms with Gasteiger partial charge in [-0.15, -0.1) is 11.8 Å². The maximum Gasteiger partial charge on any atom is 0.332 e. The zero-order valence-corrected chi connectivity index (χ0v) is 20.4. The summed E-state index contributed by atoms with van der Waals surface area (Å²) >= 11 is 0. The number of carbonyl (C=O) groups excluding carboxylic acids is 2. The fourth-order valence-electron chi connectivity index (χ4n) is 5.86. The third-order valence-electron chi connectivity index (χ3n) is 7.93. The summed E-state index contributed by atoms with van der Waals surface area (Å²) in [4.78, 5) is 23.8. The molecule has 3 rings (SSSR count). The average molecular weight is 459 g/mol. The molecule has 3 aliphatic carbocycles. The van der Waals surface area contributed by atoms with Gasteiger partial charge in [0.05, 0.1) is 12.0 Å². The molecule has 0 aliphatic heterocycles. The average Bonchev–Trinajstić information content (AvgIpc) is 2.85. The van der Waals surface area contributed by atoms with Crippen LogP contribution in [0.1, 0.15) is 96.8 Å². The molecule has 5 nitrogen and oxygen atoms in total. The minimum atomic E-state index is -0.475. The molecule has 0 aromatic heterocycles. The van der Waals surface area contributed by atoms with E-state index in [4.69, 9.17) is 14.2 Å². The Kier molecular flexibility index (Phi) is 10.8. The Morgan fingerprint density at radius 3 is 2.06 bits per heavy atom. The van der Waals surface area contributed by atoms with Crippen LogP contribution >= 0.6 is 0 Å². The maximum atomic E-state index is 12.7. The molecule has 0 unspecified atom stereocenters. The van der Waals surface area contributed by atoms with E-state index in [1.165, 1.54) is 38.5 Å². The molecule has 0 atom stereocenters. The number of esters is 2. The lowest BCUT2D eigenvalue weighted by Gasteiger charge is -2.37. The standard InChI is InChI=1S/C28H42O5/c1-3-5-6-7-21-8-10-22(11-9-21)23-12-14-24(15-13-23)28(30)33-26-18-16-25(17-19-26)31-20-32-27(29)4-2/h4,21-26H,2-3,7-20H2,1H3. The van der Waals surface area contributed by atoms with Crippen LogP contribution in [0.15, 0.2) is 12.7 Å². The lowest BCUT2D eigenvalue weighted by atomic mass is 9.69. The Labute approximate surface area is 200 Å². The van der Waals surface area contributed by atoms with E-state index in [0.29, 0.717) is 0 Å². The molecule has 3 saturated carbocycles. The Morgan fingerprint density at radius 1 is 0.848 bits per heavy atom. The highest BCUT2D eigenvalue weighted by molar-refractivity contribution is 5.81. The second kappa shape index (κ2) is 13.8. The molecule has 0 saturated heterocycles. The Bertz CT molecular complexity index is 681. The third kappa shape index (κ3) is 8.49. The zero-order chi connectivity index (χ0) is 23.5. The van der Waals surface area contributed by atoms with Crippen molar-refractivity contribution >= 4 is 11.9 Å². The van der Waals surface area contributed by atoms with E-state index in [1.807, 2.05) is 0 Å². The Hall–Kier alpha value is -1.80. The first-order chi connectivity index (χ1) is 16.1. The van der Waals surface area contributed by atoms with Gasteiger partial charge in [0, 0.05) is 18.9 Å². The molecule has 0 heterocycles. The molecule has 0 N–H and O–H groups in total. The van der Waals surface area contributed by atoms with Gasteiger partial charge in [-0.25, -0.2) is 4.79 Å². The molecule has 0 radical (unpaired) electrons. The van der Waals surface area contributed by atoms with Crippen molar-refractivity contribution in [2.45, 2.75) is 109 Å². The fraction of sp³-hybridized carbons (Fsp3) is 0.786. The predicted molar refractivity (Wildman–Crippen MR) is 128 cm³/mol. The van der Waals surface area contributed by atoms with Gasteiger partial charge in [-0.2, -0.15) is 0 Å². The van der Waals surface area contributed by atoms with Crippen LogP contribution in [-0.4, -0.2) is 30.9 Å². The topological polar surface area (TPSA) is 61.8 Å². The first-order valence-corrected chi connectivity index (χ1v) is 13.2. The SMILES string of the molecule is C=CC(=O)OCOC1CCC(OC(=O)C2CCC(C3CCC(CC#CCC)CC3)CC2)CC1. The van der Waals surface area contributed by atoms with Crippen molar-refractivity contribution in [3.8, 4) is 11.8 Å². The zero-order valence-electron chi connectivity index (χ0n) is 20.4. The predicted octanol–water partition coefficient (Wildman–Crippen LogP) is 5.96. The highest BCUT2D eigenvalue weighted by Gasteiger charge is 2.34. The quantitative estimate of drug-likeness (QED) is 0.194. The first kappa shape index (κ1) is 25.8. The van der Waals surface area contributed by atoms with Crippen molar-refractivity contribution in [3.63, 3.8) is 0 Å². The molecule has 184 valence electrons. The molecule has 0 aromatic rings. The van der Waals surface area contributed by atoms with Crippen LogP contribution in [0.2, 0.25) is 0 Å². The van der Waals surface area contributed by atoms with Gasteiger partial charge in [-0.3, -0.25) is 4.79 Å². The van der Waals surface area contributed by atoms with Crippen LogP contribution in [0.4, 0.5) is 0 Å². The van der Waals surface area contributed by atoms with E-state index in [0.717, 1.165) is 75.2 Å². The number of ether oxygens (including phenoxy) is 3. The van der Waals surface area contributed by atoms with Crippen molar-refractivity contribution in [2.24, 2.45) is 23.7 Å². The Balaban J connectivity index is 1.29. The largest absolute Gasteiger partial charge is 0.462 e. The molecule has 5 heteroatoms. The second-order valence-corrected chi connectivity index (χ2v) is 10.1. The highest BCUT2D eigenvalue weighted by Crippen LogP contribution is 2.42. The molecule has 3 aliphatic rings. The summed E-state index contributed by atoms with van der Waals surface area (Å²) < 4.78 is 16.3. The molecule has 3 fully saturated rings. The molecular weight excluding hydrogens is 416 g/mol. The van der Waals surface area contributed by atoms with Gasteiger partial charge < -0.3 is 14.2 Å². The molecular formula is C28H42O5. The summed E-state index contributed by atoms with van der Waals surface area (Å²) in [6, 6.07) is 0. The van der Waals surface area contributed by atoms with E-state index in [9.17, 15) is 9.59 Å². The normalized spacial score (nSPS) is 32.2. The van der Waals surface area contributed by atoms with Crippen molar-refractivity contribution in [2.75, 3.05) is 6.79 Å². The van der Waals surface area contributed by atoms with Crippen LogP contribution in [-0.2, 0) is 23.8 Å². The van der Waals surface area contributed by atoms with Crippen molar-refractivity contribution in [1.82, 2.24) is 0 Å². The molecule has 0 aromatic carbocycles. The second-order valence-electron chi connectivity index (χ2n) is 10.1. The summed E-state index contributed by atoms with van der Waals surface area (Å²) in [6.07, 6.45) is 16.2. The Morgan fingerprint density at radius 2 is 1.45 bits per heavy atom. The number of carbonyl (C=O) groups is 2. The minimum absolute atomic E-state index is 0.00288. The van der Waals surface area contributed by atoms with Gasteiger partial charge in [-0.05, 0) is 94.8 Å². The van der Waals surface area contributed by atoms with Crippen molar-refractivity contribution in [3.05, 3.63) is 12.7 Å². The number of hydrogen-bond donors (Lipinski definition) is 0. The summed E-state index contributed by atoms with van der Waals surface area (Å²) in [5, 5.41) is 0. The molecule has 0 amide bonds. The summed E-state index contributed by atoms with van der Waals surface area (Å²) in [6.45, 7) is 5.43. The van der Waals surface area contributed by atoms with Crippen LogP contribution < -0.4 is 0 Å². The van der Waals surface area contributed by atoms with E-state index in [2.05, 4.69) is 25.3 Å². The third-order valence-corrected chi connectivity index (χ3v) is 7.93. The number of hydrogen-bond acceptors (Lipinski definition) is 5. The van der Waals surface area contributed by atoms with E-state index >= 15 is 0 Å². The lowest BCUT2D eigenvalue weighted by Crippen LogP contribution is -2.33. The molecule has 33 heavy (non-hydrogen) atoms. The lowest BCUT2D eigenvalue weighted by molar-refractivity contribution is -0.165. The van der Waals surface area contributed by atoms with Gasteiger partial charge in [0.25, 0.3) is 0 Å². The van der Waals surface area contributed by atoms with Gasteiger partial charge in [-0.1, -0.05) is 13.5 Å². The van der Waals surface area contributed by atoms with Crippen LogP contribution in [0, 0.1) is 35.5 Å². The molecule has 0 bridgehead atoms. The van der Waals surface area contributed by atoms with Gasteiger partial charge in [0.2, 0.25) is 0 Å². The van der Waals surface area contributed by atoms with Crippen molar-refractivity contribution < 1.29 is 23.8 Å². The van der Waals surface area contributed by atoms with Crippen LogP contribution in [0.5, 0.6) is 0 Å². The first-order valence-electron chi connectivity index (χ1n) is 13.2. The van der Waals surface area contributed by atoms with E-state index in [-0.39, 0.29) is 30.9 Å². The van der Waals surface area contributed by atoms with E-state index in [1.54, 1.807) is 0 Å². The van der Waals surface area contributed by atoms with Gasteiger partial charge in [0.1, 0.15) is 6.10 Å². The highest BCUT2D eigenvalue weighted by atomic mass is 16.7. The molecule has 0 spiro atoms. The van der Waals surface area contributed by atoms with Crippen LogP contribution in [0.25, 0.3) is 0 Å². The summed E-state index contributed by atoms with van der Waals surface area (Å²) in [7, 11) is 0. The maximum absolute atomic E-state index is 12.7. The fourth-order valence-corrected chi connectivity index (χ4v) is 5.86. The van der Waals surface area contributed by atoms with Gasteiger partial charge in [0.15, 0.2) is 6.79 Å². The summed E-state index contributed by atoms with van der Waals surface area (Å²) in [5.74, 6) is 8.60.